The van der Waals surface area contributed by atoms with Crippen molar-refractivity contribution < 1.29 is 4.79 Å². The Morgan fingerprint density at radius 2 is 1.50 bits per heavy atom. The maximum Gasteiger partial charge on any atom is 0.133 e. The lowest BCUT2D eigenvalue weighted by atomic mass is 9.96. The van der Waals surface area contributed by atoms with Crippen LogP contribution in [0.15, 0.2) is 12.2 Å². The molecule has 0 aromatic rings. The molecule has 1 aliphatic carbocycles. The summed E-state index contributed by atoms with van der Waals surface area (Å²) in [5.74, 6) is 1.05. The van der Waals surface area contributed by atoms with Crippen molar-refractivity contribution in [2.45, 2.75) is 84.0 Å². The van der Waals surface area contributed by atoms with Crippen molar-refractivity contribution in [3.05, 3.63) is 12.2 Å². The van der Waals surface area contributed by atoms with Crippen molar-refractivity contribution in [2.75, 3.05) is 0 Å². The van der Waals surface area contributed by atoms with E-state index < -0.39 is 0 Å². The Morgan fingerprint density at radius 1 is 0.889 bits per heavy atom. The van der Waals surface area contributed by atoms with Crippen molar-refractivity contribution >= 4 is 5.78 Å². The molecule has 0 N–H and O–H groups in total. The largest absolute Gasteiger partial charge is 0.300 e. The zero-order chi connectivity index (χ0) is 13.1. The highest BCUT2D eigenvalue weighted by Gasteiger charge is 2.08. The Balaban J connectivity index is 2.29. The highest BCUT2D eigenvalue weighted by atomic mass is 16.1. The van der Waals surface area contributed by atoms with E-state index in [1.54, 1.807) is 0 Å². The lowest BCUT2D eigenvalue weighted by molar-refractivity contribution is -0.120. The topological polar surface area (TPSA) is 17.1 Å². The summed E-state index contributed by atoms with van der Waals surface area (Å²) < 4.78 is 0. The minimum atomic E-state index is 0.485. The SMILES string of the molecule is CC1CCC=CCCCCCCCCCC(=O)C1. The number of carbonyl (C=O) groups excluding carboxylic acids is 1. The molecule has 18 heavy (non-hydrogen) atoms. The van der Waals surface area contributed by atoms with Gasteiger partial charge in [0.15, 0.2) is 0 Å². The van der Waals surface area contributed by atoms with Gasteiger partial charge in [-0.1, -0.05) is 51.2 Å². The molecule has 0 radical (unpaired) electrons. The number of allylic oxidation sites excluding steroid dienone is 2. The number of carbonyl (C=O) groups is 1. The molecule has 0 aromatic carbocycles. The number of hydrogen-bond donors (Lipinski definition) is 0. The van der Waals surface area contributed by atoms with E-state index in [0.717, 1.165) is 25.7 Å². The van der Waals surface area contributed by atoms with Gasteiger partial charge in [-0.2, -0.15) is 0 Å². The van der Waals surface area contributed by atoms with E-state index in [1.807, 2.05) is 0 Å². The first-order valence-electron chi connectivity index (χ1n) is 7.95. The number of rotatable bonds is 0. The third-order valence-corrected chi connectivity index (χ3v) is 3.90. The van der Waals surface area contributed by atoms with Crippen LogP contribution < -0.4 is 0 Å². The smallest absolute Gasteiger partial charge is 0.133 e. The summed E-state index contributed by atoms with van der Waals surface area (Å²) >= 11 is 0. The predicted octanol–water partition coefficient (Wildman–Crippen LogP) is 5.44. The van der Waals surface area contributed by atoms with Crippen LogP contribution in [0, 0.1) is 5.92 Å². The van der Waals surface area contributed by atoms with Crippen LogP contribution in [0.25, 0.3) is 0 Å². The Kier molecular flexibility index (Phi) is 8.89. The predicted molar refractivity (Wildman–Crippen MR) is 78.7 cm³/mol. The minimum Gasteiger partial charge on any atom is -0.300 e. The van der Waals surface area contributed by atoms with Gasteiger partial charge in [-0.05, 0) is 38.0 Å². The number of hydrogen-bond acceptors (Lipinski definition) is 1. The van der Waals surface area contributed by atoms with E-state index >= 15 is 0 Å². The van der Waals surface area contributed by atoms with Crippen LogP contribution in [0.5, 0.6) is 0 Å². The van der Waals surface area contributed by atoms with Gasteiger partial charge in [-0.15, -0.1) is 0 Å². The van der Waals surface area contributed by atoms with Crippen molar-refractivity contribution in [1.82, 2.24) is 0 Å². The van der Waals surface area contributed by atoms with E-state index in [9.17, 15) is 4.79 Å². The molecule has 0 saturated carbocycles. The number of ketones is 1. The lowest BCUT2D eigenvalue weighted by Crippen LogP contribution is -2.05. The molecule has 1 nitrogen and oxygen atoms in total. The maximum absolute atomic E-state index is 11.8. The summed E-state index contributed by atoms with van der Waals surface area (Å²) in [7, 11) is 0. The Morgan fingerprint density at radius 3 is 2.28 bits per heavy atom. The van der Waals surface area contributed by atoms with Crippen LogP contribution in [-0.2, 0) is 4.79 Å². The Hall–Kier alpha value is -0.590. The Bertz CT molecular complexity index is 242. The first-order valence-corrected chi connectivity index (χ1v) is 7.95. The molecule has 1 aliphatic rings. The molecule has 0 aromatic heterocycles. The van der Waals surface area contributed by atoms with Gasteiger partial charge in [-0.25, -0.2) is 0 Å². The zero-order valence-electron chi connectivity index (χ0n) is 12.1. The molecular weight excluding hydrogens is 220 g/mol. The molecule has 1 rings (SSSR count). The first-order chi connectivity index (χ1) is 8.79. The third kappa shape index (κ3) is 8.49. The summed E-state index contributed by atoms with van der Waals surface area (Å²) in [6, 6.07) is 0. The molecule has 0 saturated heterocycles. The molecule has 1 unspecified atom stereocenters. The fourth-order valence-corrected chi connectivity index (χ4v) is 2.68. The van der Waals surface area contributed by atoms with Gasteiger partial charge < -0.3 is 0 Å². The molecule has 0 fully saturated rings. The highest BCUT2D eigenvalue weighted by Crippen LogP contribution is 2.16. The maximum atomic E-state index is 11.8. The van der Waals surface area contributed by atoms with Crippen molar-refractivity contribution in [1.29, 1.82) is 0 Å². The highest BCUT2D eigenvalue weighted by molar-refractivity contribution is 5.78. The second-order valence-corrected chi connectivity index (χ2v) is 5.91. The average molecular weight is 250 g/mol. The summed E-state index contributed by atoms with van der Waals surface area (Å²) in [6.45, 7) is 2.22. The molecular formula is C17H30O. The fourth-order valence-electron chi connectivity index (χ4n) is 2.68. The first kappa shape index (κ1) is 15.5. The molecule has 0 amide bonds. The lowest BCUT2D eigenvalue weighted by Gasteiger charge is -2.09. The van der Waals surface area contributed by atoms with Crippen LogP contribution in [0.2, 0.25) is 0 Å². The molecule has 0 aliphatic heterocycles. The minimum absolute atomic E-state index is 0.485. The van der Waals surface area contributed by atoms with Crippen LogP contribution in [0.3, 0.4) is 0 Å². The van der Waals surface area contributed by atoms with Gasteiger partial charge >= 0.3 is 0 Å². The van der Waals surface area contributed by atoms with E-state index in [0.29, 0.717) is 11.7 Å². The second kappa shape index (κ2) is 10.3. The van der Waals surface area contributed by atoms with Crippen LogP contribution in [0.1, 0.15) is 84.0 Å². The van der Waals surface area contributed by atoms with Gasteiger partial charge in [-0.3, -0.25) is 4.79 Å². The van der Waals surface area contributed by atoms with Gasteiger partial charge in [0.1, 0.15) is 5.78 Å². The molecule has 0 bridgehead atoms. The third-order valence-electron chi connectivity index (χ3n) is 3.90. The van der Waals surface area contributed by atoms with Crippen molar-refractivity contribution in [3.63, 3.8) is 0 Å². The summed E-state index contributed by atoms with van der Waals surface area (Å²) in [4.78, 5) is 11.8. The normalized spacial score (nSPS) is 26.1. The summed E-state index contributed by atoms with van der Waals surface area (Å²) in [5, 5.41) is 0. The van der Waals surface area contributed by atoms with Crippen molar-refractivity contribution in [3.8, 4) is 0 Å². The molecule has 1 heteroatoms. The van der Waals surface area contributed by atoms with Crippen LogP contribution in [-0.4, -0.2) is 5.78 Å². The molecule has 0 heterocycles. The number of Topliss-reactive ketones (excluding diaryl/α,β-unsaturated/α-hetero) is 1. The summed E-state index contributed by atoms with van der Waals surface area (Å²) in [6.07, 6.45) is 19.0. The Labute approximate surface area is 113 Å². The second-order valence-electron chi connectivity index (χ2n) is 5.91. The van der Waals surface area contributed by atoms with Gasteiger partial charge in [0.2, 0.25) is 0 Å². The van der Waals surface area contributed by atoms with E-state index in [1.165, 1.54) is 51.4 Å². The van der Waals surface area contributed by atoms with E-state index in [-0.39, 0.29) is 0 Å². The van der Waals surface area contributed by atoms with Crippen molar-refractivity contribution in [2.24, 2.45) is 5.92 Å². The molecule has 0 spiro atoms. The van der Waals surface area contributed by atoms with Gasteiger partial charge in [0.25, 0.3) is 0 Å². The van der Waals surface area contributed by atoms with Crippen LogP contribution in [0.4, 0.5) is 0 Å². The monoisotopic (exact) mass is 250 g/mol. The van der Waals surface area contributed by atoms with E-state index in [2.05, 4.69) is 19.1 Å². The summed E-state index contributed by atoms with van der Waals surface area (Å²) in [5.41, 5.74) is 0. The van der Waals surface area contributed by atoms with Crippen LogP contribution >= 0.6 is 0 Å². The van der Waals surface area contributed by atoms with Gasteiger partial charge in [0.05, 0.1) is 0 Å². The fraction of sp³-hybridized carbons (Fsp3) is 0.824. The quantitative estimate of drug-likeness (QED) is 0.523. The zero-order valence-corrected chi connectivity index (χ0v) is 12.1. The van der Waals surface area contributed by atoms with Gasteiger partial charge in [0, 0.05) is 12.8 Å². The standard InChI is InChI=1S/C17H30O/c1-16-13-11-9-7-5-3-2-4-6-8-10-12-14-17(18)15-16/h7,9,16H,2-6,8,10-15H2,1H3. The van der Waals surface area contributed by atoms with E-state index in [4.69, 9.17) is 0 Å². The molecule has 104 valence electrons. The average Bonchev–Trinajstić information content (AvgIpc) is 2.33. The molecule has 1 atom stereocenters.